The summed E-state index contributed by atoms with van der Waals surface area (Å²) in [6.45, 7) is 1.37. The van der Waals surface area contributed by atoms with Crippen molar-refractivity contribution in [2.24, 2.45) is 0 Å². The summed E-state index contributed by atoms with van der Waals surface area (Å²) in [5, 5.41) is 9.31. The first kappa shape index (κ1) is 11.5. The molecule has 1 N–H and O–H groups in total. The molecule has 2 nitrogen and oxygen atoms in total. The zero-order valence-electron chi connectivity index (χ0n) is 7.60. The summed E-state index contributed by atoms with van der Waals surface area (Å²) in [6, 6.07) is 1.55. The van der Waals surface area contributed by atoms with Crippen LogP contribution in [0.15, 0.2) is 6.07 Å². The van der Waals surface area contributed by atoms with Crippen molar-refractivity contribution in [3.05, 3.63) is 28.6 Å². The van der Waals surface area contributed by atoms with Crippen LogP contribution in [0.4, 0.5) is 8.78 Å². The summed E-state index contributed by atoms with van der Waals surface area (Å²) < 4.78 is 24.9. The quantitative estimate of drug-likeness (QED) is 0.853. The molecule has 14 heavy (non-hydrogen) atoms. The molecule has 0 unspecified atom stereocenters. The molecule has 0 aromatic carbocycles. The summed E-state index contributed by atoms with van der Waals surface area (Å²) in [6.07, 6.45) is -2.64. The van der Waals surface area contributed by atoms with Crippen LogP contribution in [0.5, 0.6) is 0 Å². The minimum absolute atomic E-state index is 0.196. The smallest absolute Gasteiger partial charge is 0.280 e. The fourth-order valence-electron chi connectivity index (χ4n) is 1.17. The Labute approximate surface area is 89.1 Å². The van der Waals surface area contributed by atoms with E-state index in [4.69, 9.17) is 5.11 Å². The van der Waals surface area contributed by atoms with E-state index in [1.807, 2.05) is 0 Å². The van der Waals surface area contributed by atoms with Crippen LogP contribution in [0.25, 0.3) is 0 Å². The lowest BCUT2D eigenvalue weighted by Crippen LogP contribution is -2.03. The molecule has 0 aliphatic carbocycles. The number of alkyl halides is 3. The van der Waals surface area contributed by atoms with Gasteiger partial charge in [-0.15, -0.1) is 0 Å². The maximum absolute atomic E-state index is 12.5. The SMILES string of the molecule is Cc1cc(CO)c(C(F)F)nc1CBr. The van der Waals surface area contributed by atoms with Crippen molar-refractivity contribution in [2.75, 3.05) is 0 Å². The second-order valence-electron chi connectivity index (χ2n) is 2.89. The van der Waals surface area contributed by atoms with Crippen molar-refractivity contribution in [3.63, 3.8) is 0 Å². The highest BCUT2D eigenvalue weighted by atomic mass is 79.9. The lowest BCUT2D eigenvalue weighted by Gasteiger charge is -2.09. The van der Waals surface area contributed by atoms with E-state index in [9.17, 15) is 8.78 Å². The Balaban J connectivity index is 3.25. The minimum Gasteiger partial charge on any atom is -0.392 e. The Morgan fingerprint density at radius 1 is 1.57 bits per heavy atom. The summed E-state index contributed by atoms with van der Waals surface area (Å²) in [5.41, 5.74) is 1.25. The summed E-state index contributed by atoms with van der Waals surface area (Å²) in [7, 11) is 0. The molecule has 0 aliphatic heterocycles. The van der Waals surface area contributed by atoms with Crippen LogP contribution in [0.2, 0.25) is 0 Å². The molecule has 0 aliphatic rings. The largest absolute Gasteiger partial charge is 0.392 e. The van der Waals surface area contributed by atoms with Crippen LogP contribution in [-0.2, 0) is 11.9 Å². The molecule has 0 amide bonds. The van der Waals surface area contributed by atoms with E-state index in [0.29, 0.717) is 11.0 Å². The van der Waals surface area contributed by atoms with Crippen LogP contribution >= 0.6 is 15.9 Å². The molecule has 0 radical (unpaired) electrons. The van der Waals surface area contributed by atoms with Crippen molar-refractivity contribution in [1.82, 2.24) is 4.98 Å². The Hall–Kier alpha value is -0.550. The van der Waals surface area contributed by atoms with Gasteiger partial charge in [-0.05, 0) is 18.6 Å². The first-order valence-corrected chi connectivity index (χ1v) is 5.16. The fourth-order valence-corrected chi connectivity index (χ4v) is 1.74. The highest BCUT2D eigenvalue weighted by molar-refractivity contribution is 9.08. The molecule has 5 heteroatoms. The Bertz CT molecular complexity index is 331. The van der Waals surface area contributed by atoms with E-state index in [1.54, 1.807) is 13.0 Å². The summed E-state index contributed by atoms with van der Waals surface area (Å²) in [5.74, 6) is 0. The van der Waals surface area contributed by atoms with Gasteiger partial charge in [-0.25, -0.2) is 8.78 Å². The molecular weight excluding hydrogens is 256 g/mol. The molecule has 78 valence electrons. The highest BCUT2D eigenvalue weighted by Gasteiger charge is 2.16. The number of aryl methyl sites for hydroxylation is 1. The van der Waals surface area contributed by atoms with Gasteiger partial charge >= 0.3 is 0 Å². The molecule has 1 rings (SSSR count). The summed E-state index contributed by atoms with van der Waals surface area (Å²) in [4.78, 5) is 3.80. The molecule has 0 saturated heterocycles. The monoisotopic (exact) mass is 265 g/mol. The lowest BCUT2D eigenvalue weighted by atomic mass is 10.1. The first-order chi connectivity index (χ1) is 6.60. The molecule has 0 spiro atoms. The second kappa shape index (κ2) is 4.79. The van der Waals surface area contributed by atoms with E-state index in [0.717, 1.165) is 5.56 Å². The molecule has 0 fully saturated rings. The summed E-state index contributed by atoms with van der Waals surface area (Å²) >= 11 is 3.17. The topological polar surface area (TPSA) is 33.1 Å². The third kappa shape index (κ3) is 2.27. The number of aliphatic hydroxyl groups is 1. The molecule has 0 saturated carbocycles. The van der Waals surface area contributed by atoms with E-state index in [1.165, 1.54) is 0 Å². The second-order valence-corrected chi connectivity index (χ2v) is 3.45. The van der Waals surface area contributed by atoms with Gasteiger partial charge in [0.1, 0.15) is 5.69 Å². The Morgan fingerprint density at radius 2 is 2.21 bits per heavy atom. The molecule has 1 aromatic heterocycles. The van der Waals surface area contributed by atoms with Crippen LogP contribution < -0.4 is 0 Å². The molecule has 0 bridgehead atoms. The van der Waals surface area contributed by atoms with Gasteiger partial charge in [0, 0.05) is 10.9 Å². The Morgan fingerprint density at radius 3 is 2.64 bits per heavy atom. The van der Waals surface area contributed by atoms with Crippen molar-refractivity contribution < 1.29 is 13.9 Å². The van der Waals surface area contributed by atoms with E-state index < -0.39 is 13.0 Å². The normalized spacial score (nSPS) is 11.0. The van der Waals surface area contributed by atoms with Gasteiger partial charge < -0.3 is 5.11 Å². The number of hydrogen-bond donors (Lipinski definition) is 1. The first-order valence-electron chi connectivity index (χ1n) is 4.04. The molecule has 1 heterocycles. The van der Waals surface area contributed by atoms with E-state index >= 15 is 0 Å². The van der Waals surface area contributed by atoms with Gasteiger partial charge in [0.05, 0.1) is 12.3 Å². The number of aliphatic hydroxyl groups excluding tert-OH is 1. The number of nitrogens with zero attached hydrogens (tertiary/aromatic N) is 1. The minimum atomic E-state index is -2.64. The van der Waals surface area contributed by atoms with Crippen molar-refractivity contribution >= 4 is 15.9 Å². The fraction of sp³-hybridized carbons (Fsp3) is 0.444. The van der Waals surface area contributed by atoms with E-state index in [2.05, 4.69) is 20.9 Å². The average Bonchev–Trinajstić information content (AvgIpc) is 2.16. The highest BCUT2D eigenvalue weighted by Crippen LogP contribution is 2.24. The van der Waals surface area contributed by atoms with Crippen LogP contribution in [0.3, 0.4) is 0 Å². The van der Waals surface area contributed by atoms with Crippen LogP contribution in [-0.4, -0.2) is 10.1 Å². The third-order valence-corrected chi connectivity index (χ3v) is 2.47. The number of rotatable bonds is 3. The van der Waals surface area contributed by atoms with Gasteiger partial charge in [0.15, 0.2) is 0 Å². The molecular formula is C9H10BrF2NO. The van der Waals surface area contributed by atoms with Gasteiger partial charge in [0.2, 0.25) is 0 Å². The molecule has 0 atom stereocenters. The number of aromatic nitrogens is 1. The van der Waals surface area contributed by atoms with Gasteiger partial charge in [-0.2, -0.15) is 0 Å². The number of hydrogen-bond acceptors (Lipinski definition) is 2. The number of pyridine rings is 1. The average molecular weight is 266 g/mol. The molecule has 1 aromatic rings. The van der Waals surface area contributed by atoms with E-state index in [-0.39, 0.29) is 11.3 Å². The predicted molar refractivity (Wildman–Crippen MR) is 52.5 cm³/mol. The zero-order valence-corrected chi connectivity index (χ0v) is 9.18. The third-order valence-electron chi connectivity index (χ3n) is 1.93. The van der Waals surface area contributed by atoms with Crippen LogP contribution in [0.1, 0.15) is 28.9 Å². The van der Waals surface area contributed by atoms with Crippen molar-refractivity contribution in [3.8, 4) is 0 Å². The standard InChI is InChI=1S/C9H10BrF2NO/c1-5-2-6(4-14)8(9(11)12)13-7(5)3-10/h2,9,14H,3-4H2,1H3. The van der Waals surface area contributed by atoms with Gasteiger partial charge in [-0.3, -0.25) is 4.98 Å². The predicted octanol–water partition coefficient (Wildman–Crippen LogP) is 2.71. The van der Waals surface area contributed by atoms with Crippen molar-refractivity contribution in [1.29, 1.82) is 0 Å². The van der Waals surface area contributed by atoms with Crippen molar-refractivity contribution in [2.45, 2.75) is 25.3 Å². The lowest BCUT2D eigenvalue weighted by molar-refractivity contribution is 0.141. The van der Waals surface area contributed by atoms with Gasteiger partial charge in [0.25, 0.3) is 6.43 Å². The maximum Gasteiger partial charge on any atom is 0.280 e. The van der Waals surface area contributed by atoms with Gasteiger partial charge in [-0.1, -0.05) is 15.9 Å². The van der Waals surface area contributed by atoms with Crippen LogP contribution in [0, 0.1) is 6.92 Å². The zero-order chi connectivity index (χ0) is 10.7. The number of halogens is 3. The Kier molecular flexibility index (Phi) is 3.95. The maximum atomic E-state index is 12.5.